The summed E-state index contributed by atoms with van der Waals surface area (Å²) in [6.45, 7) is 7.50. The quantitative estimate of drug-likeness (QED) is 0.610. The second-order valence-electron chi connectivity index (χ2n) is 5.12. The van der Waals surface area contributed by atoms with Gasteiger partial charge in [-0.2, -0.15) is 0 Å². The van der Waals surface area contributed by atoms with Crippen molar-refractivity contribution < 1.29 is 19.4 Å². The Morgan fingerprint density at radius 1 is 1.11 bits per heavy atom. The van der Waals surface area contributed by atoms with Gasteiger partial charge in [0.1, 0.15) is 0 Å². The molecular weight excluding hydrogens is 234 g/mol. The van der Waals surface area contributed by atoms with Crippen LogP contribution in [0.4, 0.5) is 0 Å². The number of carboxylic acids is 1. The van der Waals surface area contributed by atoms with E-state index in [0.717, 1.165) is 26.1 Å². The first-order valence-corrected chi connectivity index (χ1v) is 6.37. The van der Waals surface area contributed by atoms with Crippen molar-refractivity contribution in [1.29, 1.82) is 0 Å². The van der Waals surface area contributed by atoms with Crippen molar-refractivity contribution >= 4 is 5.97 Å². The summed E-state index contributed by atoms with van der Waals surface area (Å²) in [4.78, 5) is 13.2. The molecule has 0 aliphatic rings. The van der Waals surface area contributed by atoms with Gasteiger partial charge in [-0.25, -0.2) is 0 Å². The number of rotatable bonds is 11. The average molecular weight is 261 g/mol. The van der Waals surface area contributed by atoms with Gasteiger partial charge < -0.3 is 14.6 Å². The Labute approximate surface area is 110 Å². The second-order valence-corrected chi connectivity index (χ2v) is 5.12. The highest BCUT2D eigenvalue weighted by Crippen LogP contribution is 2.22. The van der Waals surface area contributed by atoms with Crippen LogP contribution in [-0.2, 0) is 14.3 Å². The number of nitrogens with zero attached hydrogens (tertiary/aromatic N) is 1. The molecule has 5 nitrogen and oxygen atoms in total. The van der Waals surface area contributed by atoms with Crippen LogP contribution in [0, 0.1) is 5.41 Å². The number of hydrogen-bond donors (Lipinski definition) is 1. The van der Waals surface area contributed by atoms with E-state index in [-0.39, 0.29) is 0 Å². The van der Waals surface area contributed by atoms with Gasteiger partial charge in [-0.3, -0.25) is 9.69 Å². The van der Waals surface area contributed by atoms with Crippen molar-refractivity contribution in [2.45, 2.75) is 26.7 Å². The highest BCUT2D eigenvalue weighted by Gasteiger charge is 2.26. The van der Waals surface area contributed by atoms with Crippen LogP contribution in [0.5, 0.6) is 0 Å². The standard InChI is InChI=1S/C13H27NO4/c1-13(2,12(15)16)6-5-7-14(8-10-17-3)9-11-18-4/h5-11H2,1-4H3,(H,15,16). The summed E-state index contributed by atoms with van der Waals surface area (Å²) in [5.74, 6) is -0.733. The molecule has 0 amide bonds. The smallest absolute Gasteiger partial charge is 0.309 e. The van der Waals surface area contributed by atoms with Crippen molar-refractivity contribution in [2.24, 2.45) is 5.41 Å². The van der Waals surface area contributed by atoms with E-state index >= 15 is 0 Å². The summed E-state index contributed by atoms with van der Waals surface area (Å²) in [5.41, 5.74) is -0.645. The maximum atomic E-state index is 11.0. The Morgan fingerprint density at radius 2 is 1.61 bits per heavy atom. The molecule has 0 fully saturated rings. The van der Waals surface area contributed by atoms with Crippen LogP contribution < -0.4 is 0 Å². The molecule has 0 saturated carbocycles. The molecule has 0 atom stereocenters. The van der Waals surface area contributed by atoms with E-state index in [9.17, 15) is 4.79 Å². The van der Waals surface area contributed by atoms with Gasteiger partial charge in [-0.05, 0) is 33.2 Å². The van der Waals surface area contributed by atoms with Crippen LogP contribution in [0.2, 0.25) is 0 Å². The Hall–Kier alpha value is -0.650. The molecule has 0 radical (unpaired) electrons. The molecule has 108 valence electrons. The van der Waals surface area contributed by atoms with Gasteiger partial charge >= 0.3 is 5.97 Å². The second kappa shape index (κ2) is 9.30. The Morgan fingerprint density at radius 3 is 2.00 bits per heavy atom. The van der Waals surface area contributed by atoms with Crippen LogP contribution in [0.25, 0.3) is 0 Å². The van der Waals surface area contributed by atoms with E-state index in [1.807, 2.05) is 0 Å². The van der Waals surface area contributed by atoms with E-state index < -0.39 is 11.4 Å². The van der Waals surface area contributed by atoms with Gasteiger partial charge in [0.2, 0.25) is 0 Å². The summed E-state index contributed by atoms with van der Waals surface area (Å²) in [5, 5.41) is 9.04. The van der Waals surface area contributed by atoms with Gasteiger partial charge in [0.05, 0.1) is 18.6 Å². The monoisotopic (exact) mass is 261 g/mol. The normalized spacial score (nSPS) is 12.1. The van der Waals surface area contributed by atoms with Gasteiger partial charge in [0, 0.05) is 27.3 Å². The molecule has 0 aromatic carbocycles. The molecular formula is C13H27NO4. The highest BCUT2D eigenvalue weighted by atomic mass is 16.5. The fourth-order valence-corrected chi connectivity index (χ4v) is 1.63. The van der Waals surface area contributed by atoms with Crippen LogP contribution in [0.3, 0.4) is 0 Å². The molecule has 0 rings (SSSR count). The minimum atomic E-state index is -0.733. The third kappa shape index (κ3) is 7.63. The lowest BCUT2D eigenvalue weighted by Gasteiger charge is -2.24. The lowest BCUT2D eigenvalue weighted by atomic mass is 9.88. The number of aliphatic carboxylic acids is 1. The minimum Gasteiger partial charge on any atom is -0.481 e. The number of carbonyl (C=O) groups is 1. The van der Waals surface area contributed by atoms with Crippen LogP contribution in [0.1, 0.15) is 26.7 Å². The third-order valence-electron chi connectivity index (χ3n) is 3.08. The summed E-state index contributed by atoms with van der Waals surface area (Å²) in [7, 11) is 3.37. The first kappa shape index (κ1) is 17.4. The molecule has 1 N–H and O–H groups in total. The molecule has 0 bridgehead atoms. The van der Waals surface area contributed by atoms with Gasteiger partial charge in [0.25, 0.3) is 0 Å². The van der Waals surface area contributed by atoms with Crippen LogP contribution >= 0.6 is 0 Å². The summed E-state index contributed by atoms with van der Waals surface area (Å²) < 4.78 is 10.1. The van der Waals surface area contributed by atoms with Crippen molar-refractivity contribution in [1.82, 2.24) is 4.90 Å². The molecule has 5 heteroatoms. The van der Waals surface area contributed by atoms with Gasteiger partial charge in [-0.15, -0.1) is 0 Å². The Bertz CT molecular complexity index is 223. The van der Waals surface area contributed by atoms with Gasteiger partial charge in [0.15, 0.2) is 0 Å². The topological polar surface area (TPSA) is 59.0 Å². The third-order valence-corrected chi connectivity index (χ3v) is 3.08. The highest BCUT2D eigenvalue weighted by molar-refractivity contribution is 5.73. The van der Waals surface area contributed by atoms with E-state index in [1.165, 1.54) is 0 Å². The van der Waals surface area contributed by atoms with Crippen molar-refractivity contribution in [3.05, 3.63) is 0 Å². The lowest BCUT2D eigenvalue weighted by molar-refractivity contribution is -0.147. The lowest BCUT2D eigenvalue weighted by Crippen LogP contribution is -2.33. The summed E-state index contributed by atoms with van der Waals surface area (Å²) in [6.07, 6.45) is 1.55. The zero-order chi connectivity index (χ0) is 14.0. The Kier molecular flexibility index (Phi) is 8.97. The maximum Gasteiger partial charge on any atom is 0.309 e. The zero-order valence-corrected chi connectivity index (χ0v) is 12.1. The molecule has 0 saturated heterocycles. The predicted octanol–water partition coefficient (Wildman–Crippen LogP) is 1.47. The minimum absolute atomic E-state index is 0.645. The van der Waals surface area contributed by atoms with E-state index in [0.29, 0.717) is 19.6 Å². The number of methoxy groups -OCH3 is 2. The molecule has 0 aliphatic carbocycles. The molecule has 18 heavy (non-hydrogen) atoms. The fraction of sp³-hybridized carbons (Fsp3) is 0.923. The maximum absolute atomic E-state index is 11.0. The molecule has 0 unspecified atom stereocenters. The van der Waals surface area contributed by atoms with Crippen molar-refractivity contribution in [2.75, 3.05) is 47.1 Å². The molecule has 0 spiro atoms. The van der Waals surface area contributed by atoms with E-state index in [4.69, 9.17) is 14.6 Å². The molecule has 0 aromatic heterocycles. The largest absolute Gasteiger partial charge is 0.481 e. The zero-order valence-electron chi connectivity index (χ0n) is 12.1. The number of carboxylic acid groups (broad SMARTS) is 1. The fourth-order valence-electron chi connectivity index (χ4n) is 1.63. The van der Waals surface area contributed by atoms with Crippen LogP contribution in [0.15, 0.2) is 0 Å². The summed E-state index contributed by atoms with van der Waals surface area (Å²) >= 11 is 0. The van der Waals surface area contributed by atoms with E-state index in [1.54, 1.807) is 28.1 Å². The first-order valence-electron chi connectivity index (χ1n) is 6.37. The van der Waals surface area contributed by atoms with E-state index in [2.05, 4.69) is 4.90 Å². The van der Waals surface area contributed by atoms with Gasteiger partial charge in [-0.1, -0.05) is 0 Å². The number of hydrogen-bond acceptors (Lipinski definition) is 4. The average Bonchev–Trinajstić information content (AvgIpc) is 2.31. The van der Waals surface area contributed by atoms with Crippen LogP contribution in [-0.4, -0.2) is 63.0 Å². The number of ether oxygens (including phenoxy) is 2. The molecule has 0 aromatic rings. The first-order chi connectivity index (χ1) is 8.44. The molecule has 0 heterocycles. The SMILES string of the molecule is COCCN(CCCC(C)(C)C(=O)O)CCOC. The summed E-state index contributed by atoms with van der Waals surface area (Å²) in [6, 6.07) is 0. The predicted molar refractivity (Wildman–Crippen MR) is 70.8 cm³/mol. The van der Waals surface area contributed by atoms with Crippen molar-refractivity contribution in [3.63, 3.8) is 0 Å². The van der Waals surface area contributed by atoms with Crippen molar-refractivity contribution in [3.8, 4) is 0 Å². The molecule has 0 aliphatic heterocycles. The Balaban J connectivity index is 3.97.